The third-order valence-electron chi connectivity index (χ3n) is 2.74. The number of hydrogen-bond donors (Lipinski definition) is 0. The van der Waals surface area contributed by atoms with E-state index in [0.717, 1.165) is 17.7 Å². The van der Waals surface area contributed by atoms with E-state index in [9.17, 15) is 17.6 Å². The van der Waals surface area contributed by atoms with E-state index >= 15 is 0 Å². The van der Waals surface area contributed by atoms with Gasteiger partial charge in [-0.15, -0.1) is 13.2 Å². The van der Waals surface area contributed by atoms with Crippen molar-refractivity contribution in [1.82, 2.24) is 0 Å². The highest BCUT2D eigenvalue weighted by Crippen LogP contribution is 2.22. The van der Waals surface area contributed by atoms with E-state index < -0.39 is 12.2 Å². The highest BCUT2D eigenvalue weighted by Gasteiger charge is 2.30. The molecular weight excluding hydrogens is 312 g/mol. The Bertz CT molecular complexity index is 722. The second-order valence-corrected chi connectivity index (χ2v) is 4.63. The highest BCUT2D eigenvalue weighted by atomic mass is 19.4. The van der Waals surface area contributed by atoms with Gasteiger partial charge in [0, 0.05) is 5.56 Å². The van der Waals surface area contributed by atoms with Gasteiger partial charge in [0.05, 0.1) is 12.4 Å². The predicted molar refractivity (Wildman–Crippen MR) is 79.5 cm³/mol. The van der Waals surface area contributed by atoms with E-state index in [4.69, 9.17) is 0 Å². The van der Waals surface area contributed by atoms with E-state index in [2.05, 4.69) is 14.9 Å². The molecular formula is C16H12F4N2O. The summed E-state index contributed by atoms with van der Waals surface area (Å²) in [5.41, 5.74) is 1.62. The molecule has 0 bridgehead atoms. The number of rotatable bonds is 4. The monoisotopic (exact) mass is 324 g/mol. The van der Waals surface area contributed by atoms with Gasteiger partial charge in [0.25, 0.3) is 0 Å². The first-order chi connectivity index (χ1) is 10.8. The molecule has 3 nitrogen and oxygen atoms in total. The lowest BCUT2D eigenvalue weighted by Crippen LogP contribution is -2.16. The molecule has 0 unspecified atom stereocenters. The van der Waals surface area contributed by atoms with Crippen molar-refractivity contribution in [3.63, 3.8) is 0 Å². The fourth-order valence-corrected chi connectivity index (χ4v) is 1.69. The zero-order chi connectivity index (χ0) is 16.9. The van der Waals surface area contributed by atoms with E-state index in [-0.39, 0.29) is 5.75 Å². The van der Waals surface area contributed by atoms with Gasteiger partial charge in [-0.05, 0) is 48.4 Å². The number of aryl methyl sites for hydroxylation is 1. The van der Waals surface area contributed by atoms with Crippen LogP contribution in [-0.2, 0) is 0 Å². The van der Waals surface area contributed by atoms with Crippen LogP contribution in [0.2, 0.25) is 0 Å². The second-order valence-electron chi connectivity index (χ2n) is 4.63. The van der Waals surface area contributed by atoms with Gasteiger partial charge in [0.15, 0.2) is 0 Å². The molecule has 0 aliphatic carbocycles. The molecule has 7 heteroatoms. The molecule has 0 atom stereocenters. The van der Waals surface area contributed by atoms with Gasteiger partial charge in [-0.2, -0.15) is 10.2 Å². The summed E-state index contributed by atoms with van der Waals surface area (Å²) in [7, 11) is 0. The van der Waals surface area contributed by atoms with Crippen molar-refractivity contribution in [2.24, 2.45) is 10.2 Å². The fourth-order valence-electron chi connectivity index (χ4n) is 1.69. The fraction of sp³-hybridized carbons (Fsp3) is 0.125. The lowest BCUT2D eigenvalue weighted by Gasteiger charge is -2.08. The average molecular weight is 324 g/mol. The Morgan fingerprint density at radius 2 is 1.61 bits per heavy atom. The smallest absolute Gasteiger partial charge is 0.406 e. The summed E-state index contributed by atoms with van der Waals surface area (Å²) in [6.45, 7) is 1.77. The van der Waals surface area contributed by atoms with Crippen LogP contribution in [0.4, 0.5) is 17.6 Å². The van der Waals surface area contributed by atoms with Crippen molar-refractivity contribution in [1.29, 1.82) is 0 Å². The molecule has 2 aromatic rings. The summed E-state index contributed by atoms with van der Waals surface area (Å²) in [5.74, 6) is -0.725. The van der Waals surface area contributed by atoms with Crippen molar-refractivity contribution in [2.75, 3.05) is 0 Å². The lowest BCUT2D eigenvalue weighted by molar-refractivity contribution is -0.274. The summed E-state index contributed by atoms with van der Waals surface area (Å²) < 4.78 is 53.3. The Morgan fingerprint density at radius 3 is 2.22 bits per heavy atom. The first kappa shape index (κ1) is 16.7. The number of ether oxygens (including phenoxy) is 1. The molecule has 0 amide bonds. The quantitative estimate of drug-likeness (QED) is 0.464. The number of alkyl halides is 3. The Morgan fingerprint density at radius 1 is 0.957 bits per heavy atom. The van der Waals surface area contributed by atoms with Crippen LogP contribution < -0.4 is 4.74 Å². The van der Waals surface area contributed by atoms with Gasteiger partial charge < -0.3 is 4.74 Å². The van der Waals surface area contributed by atoms with Crippen LogP contribution in [0.15, 0.2) is 52.7 Å². The molecule has 2 rings (SSSR count). The third kappa shape index (κ3) is 5.54. The van der Waals surface area contributed by atoms with Crippen molar-refractivity contribution in [3.8, 4) is 5.75 Å². The highest BCUT2D eigenvalue weighted by molar-refractivity contribution is 5.83. The van der Waals surface area contributed by atoms with Crippen LogP contribution in [0.1, 0.15) is 16.7 Å². The Balaban J connectivity index is 1.99. The normalized spacial score (nSPS) is 12.2. The molecule has 120 valence electrons. The average Bonchev–Trinajstić information content (AvgIpc) is 2.45. The Kier molecular flexibility index (Phi) is 5.10. The van der Waals surface area contributed by atoms with Gasteiger partial charge in [-0.25, -0.2) is 4.39 Å². The maximum atomic E-state index is 13.5. The van der Waals surface area contributed by atoms with Gasteiger partial charge >= 0.3 is 6.36 Å². The van der Waals surface area contributed by atoms with Crippen molar-refractivity contribution >= 4 is 12.4 Å². The van der Waals surface area contributed by atoms with Gasteiger partial charge in [-0.3, -0.25) is 0 Å². The van der Waals surface area contributed by atoms with Crippen molar-refractivity contribution < 1.29 is 22.3 Å². The molecule has 0 fully saturated rings. The molecule has 0 aromatic heterocycles. The zero-order valence-electron chi connectivity index (χ0n) is 12.0. The Hall–Kier alpha value is -2.70. The summed E-state index contributed by atoms with van der Waals surface area (Å²) in [4.78, 5) is 0. The molecule has 0 aliphatic rings. The van der Waals surface area contributed by atoms with Gasteiger partial charge in [0.2, 0.25) is 0 Å². The van der Waals surface area contributed by atoms with Crippen LogP contribution >= 0.6 is 0 Å². The largest absolute Gasteiger partial charge is 0.573 e. The third-order valence-corrected chi connectivity index (χ3v) is 2.74. The molecule has 0 saturated heterocycles. The standard InChI is InChI=1S/C16H12F4N2O/c1-11-2-5-13(15(17)8-11)10-22-21-9-12-3-6-14(7-4-12)23-16(18,19)20/h2-10H,1H3. The summed E-state index contributed by atoms with van der Waals surface area (Å²) >= 11 is 0. The summed E-state index contributed by atoms with van der Waals surface area (Å²) in [6.07, 6.45) is -2.13. The lowest BCUT2D eigenvalue weighted by atomic mass is 10.1. The first-order valence-corrected chi connectivity index (χ1v) is 6.52. The second kappa shape index (κ2) is 7.04. The van der Waals surface area contributed by atoms with Gasteiger partial charge in [-0.1, -0.05) is 12.1 Å². The molecule has 0 N–H and O–H groups in total. The van der Waals surface area contributed by atoms with E-state index in [1.165, 1.54) is 30.6 Å². The molecule has 0 heterocycles. The van der Waals surface area contributed by atoms with E-state index in [0.29, 0.717) is 11.1 Å². The maximum Gasteiger partial charge on any atom is 0.573 e. The summed E-state index contributed by atoms with van der Waals surface area (Å²) in [5, 5.41) is 7.42. The van der Waals surface area contributed by atoms with Crippen molar-refractivity contribution in [2.45, 2.75) is 13.3 Å². The number of benzene rings is 2. The number of halogens is 4. The van der Waals surface area contributed by atoms with Crippen molar-refractivity contribution in [3.05, 3.63) is 65.0 Å². The predicted octanol–water partition coefficient (Wildman–Crippen LogP) is 4.49. The minimum atomic E-state index is -4.72. The minimum Gasteiger partial charge on any atom is -0.406 e. The van der Waals surface area contributed by atoms with Crippen LogP contribution in [0.25, 0.3) is 0 Å². The van der Waals surface area contributed by atoms with E-state index in [1.54, 1.807) is 19.1 Å². The molecule has 2 aromatic carbocycles. The van der Waals surface area contributed by atoms with Crippen LogP contribution in [0.5, 0.6) is 5.75 Å². The molecule has 23 heavy (non-hydrogen) atoms. The first-order valence-electron chi connectivity index (χ1n) is 6.52. The maximum absolute atomic E-state index is 13.5. The summed E-state index contributed by atoms with van der Waals surface area (Å²) in [6, 6.07) is 9.82. The molecule has 0 spiro atoms. The zero-order valence-corrected chi connectivity index (χ0v) is 12.0. The molecule has 0 saturated carbocycles. The minimum absolute atomic E-state index is 0.293. The van der Waals surface area contributed by atoms with E-state index in [1.807, 2.05) is 0 Å². The number of nitrogens with zero attached hydrogens (tertiary/aromatic N) is 2. The van der Waals surface area contributed by atoms with Crippen LogP contribution in [0.3, 0.4) is 0 Å². The molecule has 0 aliphatic heterocycles. The van der Waals surface area contributed by atoms with Crippen LogP contribution in [-0.4, -0.2) is 18.8 Å². The topological polar surface area (TPSA) is 34.0 Å². The van der Waals surface area contributed by atoms with Gasteiger partial charge in [0.1, 0.15) is 11.6 Å². The SMILES string of the molecule is Cc1ccc(C=NN=Cc2ccc(OC(F)(F)F)cc2)c(F)c1. The number of hydrogen-bond acceptors (Lipinski definition) is 3. The Labute approximate surface area is 129 Å². The van der Waals surface area contributed by atoms with Crippen LogP contribution in [0, 0.1) is 12.7 Å². The molecule has 0 radical (unpaired) electrons.